The molecule has 1 N–H and O–H groups in total. The van der Waals surface area contributed by atoms with Crippen LogP contribution in [0.15, 0.2) is 40.7 Å². The number of aromatic nitrogens is 2. The highest BCUT2D eigenvalue weighted by Crippen LogP contribution is 2.34. The number of carbonyl (C=O) groups excluding carboxylic acids is 1. The third-order valence-corrected chi connectivity index (χ3v) is 6.18. The standard InChI is InChI=1S/C18H15Cl2N3O2S2/c1-10-3-5-11(6-4-10)9-26-18-23-22-17(27-18)21-16(24)12-7-13(19)15(25-2)14(20)8-12/h3-8H,9H2,1-2H3,(H,21,22,24). The predicted molar refractivity (Wildman–Crippen MR) is 112 cm³/mol. The number of hydrogen-bond acceptors (Lipinski definition) is 6. The van der Waals surface area contributed by atoms with Crippen LogP contribution in [0.4, 0.5) is 5.13 Å². The van der Waals surface area contributed by atoms with Gasteiger partial charge in [-0.3, -0.25) is 10.1 Å². The minimum absolute atomic E-state index is 0.266. The minimum Gasteiger partial charge on any atom is -0.494 e. The Morgan fingerprint density at radius 3 is 2.48 bits per heavy atom. The summed E-state index contributed by atoms with van der Waals surface area (Å²) in [6, 6.07) is 11.3. The van der Waals surface area contributed by atoms with Gasteiger partial charge in [0.25, 0.3) is 5.91 Å². The molecule has 0 unspecified atom stereocenters. The van der Waals surface area contributed by atoms with Gasteiger partial charge in [-0.1, -0.05) is 76.1 Å². The van der Waals surface area contributed by atoms with Crippen molar-refractivity contribution in [2.45, 2.75) is 17.0 Å². The zero-order valence-corrected chi connectivity index (χ0v) is 17.6. The molecule has 2 aromatic carbocycles. The number of thioether (sulfide) groups is 1. The van der Waals surface area contributed by atoms with E-state index in [-0.39, 0.29) is 16.0 Å². The Balaban J connectivity index is 1.63. The number of carbonyl (C=O) groups is 1. The summed E-state index contributed by atoms with van der Waals surface area (Å²) in [6.45, 7) is 2.06. The number of ether oxygens (including phenoxy) is 1. The lowest BCUT2D eigenvalue weighted by Gasteiger charge is -2.08. The highest BCUT2D eigenvalue weighted by Gasteiger charge is 2.15. The number of aryl methyl sites for hydroxylation is 1. The third kappa shape index (κ3) is 5.13. The summed E-state index contributed by atoms with van der Waals surface area (Å²) >= 11 is 15.0. The summed E-state index contributed by atoms with van der Waals surface area (Å²) in [5.41, 5.74) is 2.74. The van der Waals surface area contributed by atoms with Crippen molar-refractivity contribution in [1.82, 2.24) is 10.2 Å². The van der Waals surface area contributed by atoms with Gasteiger partial charge in [0.15, 0.2) is 10.1 Å². The second-order valence-corrected chi connectivity index (χ2v) is 8.59. The SMILES string of the molecule is COc1c(Cl)cc(C(=O)Nc2nnc(SCc3ccc(C)cc3)s2)cc1Cl. The quantitative estimate of drug-likeness (QED) is 0.393. The zero-order valence-electron chi connectivity index (χ0n) is 14.5. The monoisotopic (exact) mass is 439 g/mol. The Morgan fingerprint density at radius 2 is 1.85 bits per heavy atom. The van der Waals surface area contributed by atoms with E-state index in [1.54, 1.807) is 11.8 Å². The maximum Gasteiger partial charge on any atom is 0.257 e. The molecule has 1 aromatic heterocycles. The molecule has 140 valence electrons. The highest BCUT2D eigenvalue weighted by molar-refractivity contribution is 8.00. The number of anilines is 1. The van der Waals surface area contributed by atoms with E-state index in [1.807, 2.05) is 0 Å². The zero-order chi connectivity index (χ0) is 19.4. The number of methoxy groups -OCH3 is 1. The summed E-state index contributed by atoms with van der Waals surface area (Å²) in [4.78, 5) is 12.4. The first-order valence-corrected chi connectivity index (χ1v) is 10.4. The van der Waals surface area contributed by atoms with Crippen molar-refractivity contribution in [2.24, 2.45) is 0 Å². The summed E-state index contributed by atoms with van der Waals surface area (Å²) in [6.07, 6.45) is 0. The Hall–Kier alpha value is -1.80. The molecule has 0 atom stereocenters. The lowest BCUT2D eigenvalue weighted by molar-refractivity contribution is 0.102. The van der Waals surface area contributed by atoms with Crippen molar-refractivity contribution in [3.05, 3.63) is 63.1 Å². The molecule has 0 aliphatic heterocycles. The van der Waals surface area contributed by atoms with Gasteiger partial charge in [-0.15, -0.1) is 10.2 Å². The van der Waals surface area contributed by atoms with E-state index >= 15 is 0 Å². The van der Waals surface area contributed by atoms with E-state index in [0.717, 1.165) is 10.1 Å². The molecule has 0 aliphatic rings. The molecule has 0 radical (unpaired) electrons. The molecular weight excluding hydrogens is 425 g/mol. The summed E-state index contributed by atoms with van der Waals surface area (Å²) in [5.74, 6) is 0.750. The molecule has 0 saturated heterocycles. The van der Waals surface area contributed by atoms with E-state index in [4.69, 9.17) is 27.9 Å². The van der Waals surface area contributed by atoms with Crippen molar-refractivity contribution in [1.29, 1.82) is 0 Å². The summed E-state index contributed by atoms with van der Waals surface area (Å²) < 4.78 is 5.86. The van der Waals surface area contributed by atoms with Crippen molar-refractivity contribution in [3.63, 3.8) is 0 Å². The predicted octanol–water partition coefficient (Wildman–Crippen LogP) is 5.71. The Kier molecular flexibility index (Phi) is 6.59. The van der Waals surface area contributed by atoms with Gasteiger partial charge in [-0.25, -0.2) is 0 Å². The van der Waals surface area contributed by atoms with Crippen LogP contribution in [0.5, 0.6) is 5.75 Å². The molecule has 0 fully saturated rings. The van der Waals surface area contributed by atoms with Crippen LogP contribution in [-0.4, -0.2) is 23.2 Å². The van der Waals surface area contributed by atoms with E-state index in [9.17, 15) is 4.79 Å². The number of nitrogens with one attached hydrogen (secondary N) is 1. The van der Waals surface area contributed by atoms with Crippen molar-refractivity contribution < 1.29 is 9.53 Å². The normalized spacial score (nSPS) is 10.7. The van der Waals surface area contributed by atoms with Crippen LogP contribution in [0.1, 0.15) is 21.5 Å². The molecule has 3 aromatic rings. The van der Waals surface area contributed by atoms with Gasteiger partial charge in [0, 0.05) is 11.3 Å². The summed E-state index contributed by atoms with van der Waals surface area (Å²) in [7, 11) is 1.46. The molecule has 9 heteroatoms. The first kappa shape index (κ1) is 19.9. The first-order valence-electron chi connectivity index (χ1n) is 7.82. The third-order valence-electron chi connectivity index (χ3n) is 3.57. The van der Waals surface area contributed by atoms with E-state index in [0.29, 0.717) is 16.4 Å². The Morgan fingerprint density at radius 1 is 1.19 bits per heavy atom. The number of nitrogens with zero attached hydrogens (tertiary/aromatic N) is 2. The fourth-order valence-corrected chi connectivity index (χ4v) is 4.55. The van der Waals surface area contributed by atoms with Gasteiger partial charge in [0.1, 0.15) is 0 Å². The number of rotatable bonds is 6. The number of benzene rings is 2. The number of halogens is 2. The lowest BCUT2D eigenvalue weighted by Crippen LogP contribution is -2.12. The van der Waals surface area contributed by atoms with Crippen LogP contribution >= 0.6 is 46.3 Å². The van der Waals surface area contributed by atoms with Crippen molar-refractivity contribution in [3.8, 4) is 5.75 Å². The molecule has 0 aliphatic carbocycles. The van der Waals surface area contributed by atoms with Crippen LogP contribution in [0.2, 0.25) is 10.0 Å². The van der Waals surface area contributed by atoms with Crippen LogP contribution in [-0.2, 0) is 5.75 Å². The minimum atomic E-state index is -0.368. The molecular formula is C18H15Cl2N3O2S2. The molecule has 27 heavy (non-hydrogen) atoms. The van der Waals surface area contributed by atoms with E-state index in [2.05, 4.69) is 46.7 Å². The van der Waals surface area contributed by atoms with E-state index in [1.165, 1.54) is 41.7 Å². The van der Waals surface area contributed by atoms with E-state index < -0.39 is 0 Å². The Labute approximate surface area is 175 Å². The van der Waals surface area contributed by atoms with Gasteiger partial charge in [0.2, 0.25) is 5.13 Å². The second-order valence-electron chi connectivity index (χ2n) is 5.57. The van der Waals surface area contributed by atoms with Gasteiger partial charge in [-0.05, 0) is 24.6 Å². The van der Waals surface area contributed by atoms with Crippen LogP contribution in [0, 0.1) is 6.92 Å². The Bertz CT molecular complexity index is 938. The second kappa shape index (κ2) is 8.93. The highest BCUT2D eigenvalue weighted by atomic mass is 35.5. The number of amides is 1. The largest absolute Gasteiger partial charge is 0.494 e. The molecule has 3 rings (SSSR count). The molecule has 5 nitrogen and oxygen atoms in total. The molecule has 1 heterocycles. The fraction of sp³-hybridized carbons (Fsp3) is 0.167. The average molecular weight is 440 g/mol. The molecule has 0 saturated carbocycles. The van der Waals surface area contributed by atoms with Crippen molar-refractivity contribution in [2.75, 3.05) is 12.4 Å². The van der Waals surface area contributed by atoms with Crippen molar-refractivity contribution >= 4 is 57.3 Å². The maximum atomic E-state index is 12.4. The molecule has 0 bridgehead atoms. The molecule has 0 spiro atoms. The van der Waals surface area contributed by atoms with Gasteiger partial charge in [-0.2, -0.15) is 0 Å². The smallest absolute Gasteiger partial charge is 0.257 e. The maximum absolute atomic E-state index is 12.4. The number of hydrogen-bond donors (Lipinski definition) is 1. The van der Waals surface area contributed by atoms with Crippen LogP contribution < -0.4 is 10.1 Å². The van der Waals surface area contributed by atoms with Crippen LogP contribution in [0.25, 0.3) is 0 Å². The topological polar surface area (TPSA) is 64.1 Å². The average Bonchev–Trinajstić information content (AvgIpc) is 3.08. The first-order chi connectivity index (χ1) is 13.0. The van der Waals surface area contributed by atoms with Gasteiger partial charge in [0.05, 0.1) is 17.2 Å². The van der Waals surface area contributed by atoms with Gasteiger partial charge >= 0.3 is 0 Å². The van der Waals surface area contributed by atoms with Gasteiger partial charge < -0.3 is 4.74 Å². The van der Waals surface area contributed by atoms with Crippen LogP contribution in [0.3, 0.4) is 0 Å². The fourth-order valence-electron chi connectivity index (χ4n) is 2.20. The summed E-state index contributed by atoms with van der Waals surface area (Å²) in [5, 5.41) is 11.8. The lowest BCUT2D eigenvalue weighted by atomic mass is 10.2. The molecule has 1 amide bonds.